The zero-order valence-electron chi connectivity index (χ0n) is 11.1. The molecule has 0 saturated carbocycles. The second kappa shape index (κ2) is 5.31. The molecule has 1 amide bonds. The van der Waals surface area contributed by atoms with E-state index in [1.165, 1.54) is 0 Å². The van der Waals surface area contributed by atoms with E-state index in [1.807, 2.05) is 6.92 Å². The topological polar surface area (TPSA) is 72.9 Å². The molecule has 0 aliphatic rings. The van der Waals surface area contributed by atoms with Gasteiger partial charge in [0.05, 0.1) is 17.7 Å². The van der Waals surface area contributed by atoms with Crippen molar-refractivity contribution in [3.63, 3.8) is 0 Å². The van der Waals surface area contributed by atoms with Gasteiger partial charge in [0.15, 0.2) is 0 Å². The third-order valence-electron chi connectivity index (χ3n) is 2.48. The standard InChI is InChI=1S/C12H22N4O/c1-9-10(5-13)16(8-15-9)6-11(17)14-7-12(2,3)4/h8H,5-7,13H2,1-4H3,(H,14,17). The monoisotopic (exact) mass is 238 g/mol. The molecule has 1 aromatic heterocycles. The number of hydrogen-bond donors (Lipinski definition) is 2. The molecule has 1 aromatic rings. The van der Waals surface area contributed by atoms with Crippen LogP contribution in [-0.2, 0) is 17.9 Å². The van der Waals surface area contributed by atoms with Crippen molar-refractivity contribution in [2.24, 2.45) is 11.1 Å². The number of hydrogen-bond acceptors (Lipinski definition) is 3. The van der Waals surface area contributed by atoms with Crippen molar-refractivity contribution in [1.29, 1.82) is 0 Å². The third-order valence-corrected chi connectivity index (χ3v) is 2.48. The van der Waals surface area contributed by atoms with Gasteiger partial charge in [-0.1, -0.05) is 20.8 Å². The van der Waals surface area contributed by atoms with Crippen LogP contribution in [0.2, 0.25) is 0 Å². The van der Waals surface area contributed by atoms with Crippen molar-refractivity contribution >= 4 is 5.91 Å². The minimum Gasteiger partial charge on any atom is -0.354 e. The van der Waals surface area contributed by atoms with Crippen molar-refractivity contribution in [2.75, 3.05) is 6.54 Å². The van der Waals surface area contributed by atoms with Crippen LogP contribution in [0.3, 0.4) is 0 Å². The van der Waals surface area contributed by atoms with E-state index >= 15 is 0 Å². The van der Waals surface area contributed by atoms with Crippen LogP contribution in [0, 0.1) is 12.3 Å². The fourth-order valence-electron chi connectivity index (χ4n) is 1.48. The normalized spacial score (nSPS) is 11.6. The summed E-state index contributed by atoms with van der Waals surface area (Å²) in [5.74, 6) is -0.00738. The Bertz CT molecular complexity index is 390. The predicted molar refractivity (Wildman–Crippen MR) is 67.3 cm³/mol. The Balaban J connectivity index is 2.56. The van der Waals surface area contributed by atoms with Crippen molar-refractivity contribution in [3.05, 3.63) is 17.7 Å². The van der Waals surface area contributed by atoms with Crippen LogP contribution in [0.15, 0.2) is 6.33 Å². The molecule has 0 bridgehead atoms. The second-order valence-corrected chi connectivity index (χ2v) is 5.45. The summed E-state index contributed by atoms with van der Waals surface area (Å²) in [5.41, 5.74) is 7.51. The largest absolute Gasteiger partial charge is 0.354 e. The van der Waals surface area contributed by atoms with Gasteiger partial charge in [0, 0.05) is 13.1 Å². The Labute approximate surface area is 102 Å². The molecule has 96 valence electrons. The molecule has 0 aliphatic carbocycles. The van der Waals surface area contributed by atoms with Crippen molar-refractivity contribution in [3.8, 4) is 0 Å². The maximum atomic E-state index is 11.7. The van der Waals surface area contributed by atoms with Crippen LogP contribution in [0.25, 0.3) is 0 Å². The number of nitrogens with one attached hydrogen (secondary N) is 1. The number of aromatic nitrogens is 2. The van der Waals surface area contributed by atoms with Crippen LogP contribution in [0.4, 0.5) is 0 Å². The van der Waals surface area contributed by atoms with Gasteiger partial charge in [-0.3, -0.25) is 4.79 Å². The molecule has 5 nitrogen and oxygen atoms in total. The minimum atomic E-state index is -0.00738. The molecular weight excluding hydrogens is 216 g/mol. The Morgan fingerprint density at radius 1 is 1.53 bits per heavy atom. The fraction of sp³-hybridized carbons (Fsp3) is 0.667. The molecule has 0 aliphatic heterocycles. The van der Waals surface area contributed by atoms with E-state index in [0.717, 1.165) is 11.4 Å². The lowest BCUT2D eigenvalue weighted by Crippen LogP contribution is -2.34. The lowest BCUT2D eigenvalue weighted by atomic mass is 9.97. The number of nitrogens with zero attached hydrogens (tertiary/aromatic N) is 2. The van der Waals surface area contributed by atoms with Crippen molar-refractivity contribution in [1.82, 2.24) is 14.9 Å². The van der Waals surface area contributed by atoms with Gasteiger partial charge in [0.25, 0.3) is 0 Å². The van der Waals surface area contributed by atoms with E-state index < -0.39 is 0 Å². The van der Waals surface area contributed by atoms with Gasteiger partial charge in [-0.2, -0.15) is 0 Å². The van der Waals surface area contributed by atoms with Crippen LogP contribution >= 0.6 is 0 Å². The Morgan fingerprint density at radius 2 is 2.18 bits per heavy atom. The van der Waals surface area contributed by atoms with Crippen LogP contribution in [0.1, 0.15) is 32.2 Å². The van der Waals surface area contributed by atoms with Crippen LogP contribution in [0.5, 0.6) is 0 Å². The first-order chi connectivity index (χ1) is 7.83. The number of carbonyl (C=O) groups excluding carboxylic acids is 1. The first kappa shape index (κ1) is 13.7. The van der Waals surface area contributed by atoms with E-state index in [1.54, 1.807) is 10.9 Å². The summed E-state index contributed by atoms with van der Waals surface area (Å²) in [6, 6.07) is 0. The lowest BCUT2D eigenvalue weighted by molar-refractivity contribution is -0.122. The molecule has 0 unspecified atom stereocenters. The van der Waals surface area contributed by atoms with Gasteiger partial charge in [-0.05, 0) is 12.3 Å². The third kappa shape index (κ3) is 4.19. The van der Waals surface area contributed by atoms with E-state index in [9.17, 15) is 4.79 Å². The van der Waals surface area contributed by atoms with Crippen LogP contribution in [-0.4, -0.2) is 22.0 Å². The molecule has 0 radical (unpaired) electrons. The molecular formula is C12H22N4O. The quantitative estimate of drug-likeness (QED) is 0.815. The molecule has 0 fully saturated rings. The average molecular weight is 238 g/mol. The number of imidazole rings is 1. The highest BCUT2D eigenvalue weighted by Gasteiger charge is 2.13. The minimum absolute atomic E-state index is 0.00738. The highest BCUT2D eigenvalue weighted by atomic mass is 16.1. The first-order valence-electron chi connectivity index (χ1n) is 5.81. The van der Waals surface area contributed by atoms with Gasteiger partial charge in [-0.25, -0.2) is 4.98 Å². The van der Waals surface area contributed by atoms with Gasteiger partial charge < -0.3 is 15.6 Å². The van der Waals surface area contributed by atoms with Gasteiger partial charge in [0.2, 0.25) is 5.91 Å². The first-order valence-corrected chi connectivity index (χ1v) is 5.81. The second-order valence-electron chi connectivity index (χ2n) is 5.45. The number of rotatable bonds is 4. The Kier molecular flexibility index (Phi) is 4.28. The maximum absolute atomic E-state index is 11.7. The summed E-state index contributed by atoms with van der Waals surface area (Å²) in [5, 5.41) is 2.90. The number of carbonyl (C=O) groups is 1. The van der Waals surface area contributed by atoms with Gasteiger partial charge >= 0.3 is 0 Å². The van der Waals surface area contributed by atoms with Gasteiger partial charge in [0.1, 0.15) is 6.54 Å². The summed E-state index contributed by atoms with van der Waals surface area (Å²) < 4.78 is 1.80. The summed E-state index contributed by atoms with van der Waals surface area (Å²) in [6.45, 7) is 9.49. The number of amides is 1. The molecule has 1 heterocycles. The highest BCUT2D eigenvalue weighted by molar-refractivity contribution is 5.75. The molecule has 0 saturated heterocycles. The summed E-state index contributed by atoms with van der Waals surface area (Å²) in [6.07, 6.45) is 1.66. The zero-order chi connectivity index (χ0) is 13.1. The SMILES string of the molecule is Cc1ncn(CC(=O)NCC(C)(C)C)c1CN. The van der Waals surface area contributed by atoms with E-state index in [2.05, 4.69) is 31.1 Å². The Morgan fingerprint density at radius 3 is 2.71 bits per heavy atom. The Hall–Kier alpha value is -1.36. The summed E-state index contributed by atoms with van der Waals surface area (Å²) in [7, 11) is 0. The molecule has 0 aromatic carbocycles. The predicted octanol–water partition coefficient (Wildman–Crippen LogP) is 0.813. The lowest BCUT2D eigenvalue weighted by Gasteiger charge is -2.19. The highest BCUT2D eigenvalue weighted by Crippen LogP contribution is 2.10. The smallest absolute Gasteiger partial charge is 0.240 e. The molecule has 3 N–H and O–H groups in total. The number of nitrogens with two attached hydrogens (primary N) is 1. The molecule has 5 heteroatoms. The molecule has 0 spiro atoms. The molecule has 0 atom stereocenters. The van der Waals surface area contributed by atoms with E-state index in [0.29, 0.717) is 13.1 Å². The van der Waals surface area contributed by atoms with Gasteiger partial charge in [-0.15, -0.1) is 0 Å². The molecule has 1 rings (SSSR count). The van der Waals surface area contributed by atoms with Crippen LogP contribution < -0.4 is 11.1 Å². The maximum Gasteiger partial charge on any atom is 0.240 e. The average Bonchev–Trinajstić information content (AvgIpc) is 2.55. The van der Waals surface area contributed by atoms with E-state index in [-0.39, 0.29) is 17.9 Å². The van der Waals surface area contributed by atoms with E-state index in [4.69, 9.17) is 5.73 Å². The van der Waals surface area contributed by atoms with Crippen molar-refractivity contribution in [2.45, 2.75) is 40.8 Å². The summed E-state index contributed by atoms with van der Waals surface area (Å²) in [4.78, 5) is 15.9. The number of aryl methyl sites for hydroxylation is 1. The van der Waals surface area contributed by atoms with Crippen molar-refractivity contribution < 1.29 is 4.79 Å². The zero-order valence-corrected chi connectivity index (χ0v) is 11.1. The molecule has 17 heavy (non-hydrogen) atoms. The fourth-order valence-corrected chi connectivity index (χ4v) is 1.48. The summed E-state index contributed by atoms with van der Waals surface area (Å²) >= 11 is 0.